The highest BCUT2D eigenvalue weighted by Crippen LogP contribution is 2.30. The Bertz CT molecular complexity index is 271. The van der Waals surface area contributed by atoms with E-state index in [4.69, 9.17) is 17.3 Å². The molecule has 0 heterocycles. The van der Waals surface area contributed by atoms with Gasteiger partial charge in [-0.15, -0.1) is 0 Å². The summed E-state index contributed by atoms with van der Waals surface area (Å²) in [6, 6.07) is 7.78. The van der Waals surface area contributed by atoms with E-state index in [0.29, 0.717) is 0 Å². The summed E-state index contributed by atoms with van der Waals surface area (Å²) in [6.07, 6.45) is 0. The molecule has 1 nitrogen and oxygen atoms in total. The first kappa shape index (κ1) is 10.6. The fourth-order valence-electron chi connectivity index (χ4n) is 1.17. The minimum atomic E-state index is 0.0600. The van der Waals surface area contributed by atoms with Gasteiger partial charge >= 0.3 is 0 Å². The van der Waals surface area contributed by atoms with E-state index in [9.17, 15) is 0 Å². The SMILES string of the molecule is CC(C)(C)[C@H](N)c1ccc(Cl)cc1. The Balaban J connectivity index is 2.90. The average Bonchev–Trinajstić information content (AvgIpc) is 2.03. The van der Waals surface area contributed by atoms with Crippen LogP contribution in [-0.2, 0) is 0 Å². The summed E-state index contributed by atoms with van der Waals surface area (Å²) in [7, 11) is 0. The van der Waals surface area contributed by atoms with Crippen LogP contribution >= 0.6 is 11.6 Å². The van der Waals surface area contributed by atoms with Crippen molar-refractivity contribution in [1.82, 2.24) is 0 Å². The molecule has 0 aliphatic heterocycles. The van der Waals surface area contributed by atoms with Gasteiger partial charge in [0.15, 0.2) is 0 Å². The lowest BCUT2D eigenvalue weighted by molar-refractivity contribution is 0.327. The summed E-state index contributed by atoms with van der Waals surface area (Å²) < 4.78 is 0. The maximum atomic E-state index is 6.08. The second-order valence-corrected chi connectivity index (χ2v) is 4.83. The molecule has 1 atom stereocenters. The van der Waals surface area contributed by atoms with Crippen molar-refractivity contribution in [2.24, 2.45) is 11.1 Å². The minimum Gasteiger partial charge on any atom is -0.324 e. The smallest absolute Gasteiger partial charge is 0.0406 e. The number of benzene rings is 1. The van der Waals surface area contributed by atoms with Gasteiger partial charge in [-0.1, -0.05) is 44.5 Å². The van der Waals surface area contributed by atoms with Crippen molar-refractivity contribution in [2.45, 2.75) is 26.8 Å². The number of halogens is 1. The first-order valence-electron chi connectivity index (χ1n) is 4.42. The molecule has 0 unspecified atom stereocenters. The molecule has 0 bridgehead atoms. The molecule has 2 N–H and O–H groups in total. The standard InChI is InChI=1S/C11H16ClN/c1-11(2,3)10(13)8-4-6-9(12)7-5-8/h4-7,10H,13H2,1-3H3/t10-/m1/s1. The van der Waals surface area contributed by atoms with E-state index in [1.165, 1.54) is 0 Å². The molecular formula is C11H16ClN. The molecule has 1 aromatic carbocycles. The third-order valence-electron chi connectivity index (χ3n) is 2.16. The van der Waals surface area contributed by atoms with E-state index in [0.717, 1.165) is 10.6 Å². The van der Waals surface area contributed by atoms with Crippen LogP contribution in [0.25, 0.3) is 0 Å². The maximum absolute atomic E-state index is 6.08. The van der Waals surface area contributed by atoms with Gasteiger partial charge in [0, 0.05) is 11.1 Å². The van der Waals surface area contributed by atoms with Crippen LogP contribution in [0.3, 0.4) is 0 Å². The van der Waals surface area contributed by atoms with Crippen LogP contribution in [0.15, 0.2) is 24.3 Å². The van der Waals surface area contributed by atoms with Crippen molar-refractivity contribution in [2.75, 3.05) is 0 Å². The lowest BCUT2D eigenvalue weighted by Crippen LogP contribution is -2.26. The molecule has 0 aliphatic carbocycles. The van der Waals surface area contributed by atoms with Crippen molar-refractivity contribution in [3.05, 3.63) is 34.9 Å². The quantitative estimate of drug-likeness (QED) is 0.734. The summed E-state index contributed by atoms with van der Waals surface area (Å²) >= 11 is 5.79. The van der Waals surface area contributed by atoms with Crippen LogP contribution in [0.2, 0.25) is 5.02 Å². The Morgan fingerprint density at radius 3 is 2.00 bits per heavy atom. The highest BCUT2D eigenvalue weighted by Gasteiger charge is 2.21. The Hall–Kier alpha value is -0.530. The van der Waals surface area contributed by atoms with Gasteiger partial charge in [0.2, 0.25) is 0 Å². The number of hydrogen-bond acceptors (Lipinski definition) is 1. The molecule has 1 rings (SSSR count). The normalized spacial score (nSPS) is 14.2. The minimum absolute atomic E-state index is 0.0600. The molecule has 0 saturated carbocycles. The zero-order valence-electron chi connectivity index (χ0n) is 8.34. The van der Waals surface area contributed by atoms with Crippen LogP contribution in [-0.4, -0.2) is 0 Å². The van der Waals surface area contributed by atoms with Gasteiger partial charge in [-0.05, 0) is 23.1 Å². The summed E-state index contributed by atoms with van der Waals surface area (Å²) in [5.74, 6) is 0. The highest BCUT2D eigenvalue weighted by atomic mass is 35.5. The summed E-state index contributed by atoms with van der Waals surface area (Å²) in [4.78, 5) is 0. The summed E-state index contributed by atoms with van der Waals surface area (Å²) in [6.45, 7) is 6.39. The largest absolute Gasteiger partial charge is 0.324 e. The fraction of sp³-hybridized carbons (Fsp3) is 0.455. The third-order valence-corrected chi connectivity index (χ3v) is 2.41. The molecule has 72 valence electrons. The van der Waals surface area contributed by atoms with E-state index in [1.807, 2.05) is 24.3 Å². The van der Waals surface area contributed by atoms with Gasteiger partial charge in [-0.2, -0.15) is 0 Å². The molecule has 0 saturated heterocycles. The molecule has 1 aromatic rings. The van der Waals surface area contributed by atoms with E-state index in [-0.39, 0.29) is 11.5 Å². The molecule has 0 radical (unpaired) electrons. The molecule has 0 aromatic heterocycles. The van der Waals surface area contributed by atoms with Crippen molar-refractivity contribution < 1.29 is 0 Å². The Morgan fingerprint density at radius 1 is 1.15 bits per heavy atom. The molecule has 2 heteroatoms. The van der Waals surface area contributed by atoms with Crippen LogP contribution in [0.4, 0.5) is 0 Å². The number of nitrogens with two attached hydrogens (primary N) is 1. The molecule has 0 aliphatic rings. The van der Waals surface area contributed by atoms with Gasteiger partial charge < -0.3 is 5.73 Å². The van der Waals surface area contributed by atoms with Gasteiger partial charge in [0.05, 0.1) is 0 Å². The topological polar surface area (TPSA) is 26.0 Å². The van der Waals surface area contributed by atoms with Crippen LogP contribution in [0, 0.1) is 5.41 Å². The monoisotopic (exact) mass is 197 g/mol. The van der Waals surface area contributed by atoms with Gasteiger partial charge in [0.25, 0.3) is 0 Å². The van der Waals surface area contributed by atoms with E-state index >= 15 is 0 Å². The van der Waals surface area contributed by atoms with Gasteiger partial charge in [0.1, 0.15) is 0 Å². The molecule has 0 fully saturated rings. The van der Waals surface area contributed by atoms with Crippen molar-refractivity contribution in [3.8, 4) is 0 Å². The molecule has 0 spiro atoms. The molecule has 13 heavy (non-hydrogen) atoms. The van der Waals surface area contributed by atoms with Gasteiger partial charge in [-0.3, -0.25) is 0 Å². The van der Waals surface area contributed by atoms with Crippen molar-refractivity contribution in [1.29, 1.82) is 0 Å². The van der Waals surface area contributed by atoms with E-state index in [2.05, 4.69) is 20.8 Å². The predicted octanol–water partition coefficient (Wildman–Crippen LogP) is 3.39. The Morgan fingerprint density at radius 2 is 1.62 bits per heavy atom. The lowest BCUT2D eigenvalue weighted by Gasteiger charge is -2.27. The Kier molecular flexibility index (Phi) is 2.99. The predicted molar refractivity (Wildman–Crippen MR) is 57.8 cm³/mol. The van der Waals surface area contributed by atoms with Crippen molar-refractivity contribution in [3.63, 3.8) is 0 Å². The van der Waals surface area contributed by atoms with E-state index < -0.39 is 0 Å². The molecular weight excluding hydrogens is 182 g/mol. The average molecular weight is 198 g/mol. The van der Waals surface area contributed by atoms with Crippen LogP contribution in [0.5, 0.6) is 0 Å². The lowest BCUT2D eigenvalue weighted by atomic mass is 9.83. The maximum Gasteiger partial charge on any atom is 0.0406 e. The molecule has 0 amide bonds. The number of hydrogen-bond donors (Lipinski definition) is 1. The van der Waals surface area contributed by atoms with Crippen LogP contribution in [0.1, 0.15) is 32.4 Å². The van der Waals surface area contributed by atoms with Crippen LogP contribution < -0.4 is 5.73 Å². The zero-order chi connectivity index (χ0) is 10.1. The van der Waals surface area contributed by atoms with Gasteiger partial charge in [-0.25, -0.2) is 0 Å². The number of rotatable bonds is 1. The third kappa shape index (κ3) is 2.71. The second-order valence-electron chi connectivity index (χ2n) is 4.40. The van der Waals surface area contributed by atoms with Crippen molar-refractivity contribution >= 4 is 11.6 Å². The summed E-state index contributed by atoms with van der Waals surface area (Å²) in [5, 5.41) is 0.754. The fourth-order valence-corrected chi connectivity index (χ4v) is 1.30. The first-order chi connectivity index (χ1) is 5.91. The van der Waals surface area contributed by atoms with E-state index in [1.54, 1.807) is 0 Å². The summed E-state index contributed by atoms with van der Waals surface area (Å²) in [5.41, 5.74) is 7.31. The first-order valence-corrected chi connectivity index (χ1v) is 4.80. The second kappa shape index (κ2) is 3.69. The highest BCUT2D eigenvalue weighted by molar-refractivity contribution is 6.30. The zero-order valence-corrected chi connectivity index (χ0v) is 9.10. The Labute approximate surface area is 84.9 Å².